The average molecular weight is 338 g/mol. The summed E-state index contributed by atoms with van der Waals surface area (Å²) in [7, 11) is 0. The van der Waals surface area contributed by atoms with Crippen LogP contribution < -0.4 is 4.74 Å². The summed E-state index contributed by atoms with van der Waals surface area (Å²) in [4.78, 5) is 11.4. The molecule has 0 aliphatic heterocycles. The zero-order valence-corrected chi connectivity index (χ0v) is 12.5. The molecular weight excluding hydrogens is 327 g/mol. The number of carbonyl (C=O) groups is 1. The van der Waals surface area contributed by atoms with Crippen molar-refractivity contribution in [3.8, 4) is 5.75 Å². The molecule has 0 heterocycles. The maximum absolute atomic E-state index is 11.4. The largest absolute Gasteiger partial charge is 0.487 e. The van der Waals surface area contributed by atoms with Crippen LogP contribution in [-0.2, 0) is 4.79 Å². The molecule has 1 atom stereocenters. The van der Waals surface area contributed by atoms with Gasteiger partial charge in [0.2, 0.25) is 0 Å². The minimum Gasteiger partial charge on any atom is -0.487 e. The zero-order valence-electron chi connectivity index (χ0n) is 9.39. The fraction of sp³-hybridized carbons (Fsp3) is 0.417. The molecule has 1 fully saturated rings. The average Bonchev–Trinajstić information content (AvgIpc) is 2.25. The molecule has 0 N–H and O–H groups in total. The monoisotopic (exact) mass is 336 g/mol. The number of hydrogen-bond acceptors (Lipinski definition) is 2. The maximum atomic E-state index is 11.4. The quantitative estimate of drug-likeness (QED) is 0.742. The molecule has 0 bridgehead atoms. The Labute approximate surface area is 118 Å². The molecule has 0 aromatic heterocycles. The highest BCUT2D eigenvalue weighted by Gasteiger charge is 2.49. The van der Waals surface area contributed by atoms with Gasteiger partial charge in [-0.1, -0.05) is 23.2 Å². The molecular formula is C12H11BrCl2O2. The first-order valence-corrected chi connectivity index (χ1v) is 6.72. The molecule has 5 heteroatoms. The Kier molecular flexibility index (Phi) is 3.45. The predicted octanol–water partition coefficient (Wildman–Crippen LogP) is 4.50. The maximum Gasteiger partial charge on any atom is 0.145 e. The molecule has 0 radical (unpaired) electrons. The zero-order chi connectivity index (χ0) is 12.8. The van der Waals surface area contributed by atoms with Crippen LogP contribution in [0.15, 0.2) is 16.6 Å². The van der Waals surface area contributed by atoms with E-state index in [0.29, 0.717) is 22.2 Å². The number of halogens is 3. The van der Waals surface area contributed by atoms with Crippen LogP contribution in [0.5, 0.6) is 5.75 Å². The Bertz CT molecular complexity index is 486. The second-order valence-electron chi connectivity index (χ2n) is 4.65. The lowest BCUT2D eigenvalue weighted by Gasteiger charge is -2.42. The van der Waals surface area contributed by atoms with Gasteiger partial charge in [-0.15, -0.1) is 0 Å². The third kappa shape index (κ3) is 2.33. The lowest BCUT2D eigenvalue weighted by molar-refractivity contribution is -0.148. The number of Topliss-reactive ketones (excluding diaryl/α,β-unsaturated/α-hetero) is 1. The summed E-state index contributed by atoms with van der Waals surface area (Å²) in [6.07, 6.45) is 0.293. The third-order valence-electron chi connectivity index (χ3n) is 3.14. The first-order chi connectivity index (χ1) is 7.82. The Morgan fingerprint density at radius 3 is 2.53 bits per heavy atom. The van der Waals surface area contributed by atoms with Crippen LogP contribution in [0.25, 0.3) is 0 Å². The van der Waals surface area contributed by atoms with Crippen molar-refractivity contribution < 1.29 is 9.53 Å². The molecule has 0 spiro atoms. The topological polar surface area (TPSA) is 26.3 Å². The molecule has 1 saturated carbocycles. The van der Waals surface area contributed by atoms with E-state index in [0.717, 1.165) is 4.47 Å². The van der Waals surface area contributed by atoms with E-state index in [4.69, 9.17) is 27.9 Å². The summed E-state index contributed by atoms with van der Waals surface area (Å²) in [5, 5.41) is 1.02. The smallest absolute Gasteiger partial charge is 0.145 e. The second kappa shape index (κ2) is 4.45. The van der Waals surface area contributed by atoms with Crippen LogP contribution in [0, 0.1) is 5.41 Å². The van der Waals surface area contributed by atoms with Crippen LogP contribution in [0.3, 0.4) is 0 Å². The van der Waals surface area contributed by atoms with Crippen LogP contribution in [-0.4, -0.2) is 11.9 Å². The Morgan fingerprint density at radius 2 is 2.00 bits per heavy atom. The molecule has 1 aliphatic rings. The van der Waals surface area contributed by atoms with Crippen molar-refractivity contribution in [3.63, 3.8) is 0 Å². The van der Waals surface area contributed by atoms with Gasteiger partial charge < -0.3 is 4.74 Å². The molecule has 0 saturated heterocycles. The minimum absolute atomic E-state index is 0.134. The molecule has 1 aliphatic carbocycles. The Balaban J connectivity index is 2.21. The predicted molar refractivity (Wildman–Crippen MR) is 72.0 cm³/mol. The first kappa shape index (κ1) is 13.2. The van der Waals surface area contributed by atoms with E-state index in [9.17, 15) is 4.79 Å². The normalized spacial score (nSPS) is 22.2. The van der Waals surface area contributed by atoms with Crippen LogP contribution in [0.4, 0.5) is 0 Å². The number of ether oxygens (including phenoxy) is 1. The molecule has 2 nitrogen and oxygen atoms in total. The summed E-state index contributed by atoms with van der Waals surface area (Å²) >= 11 is 15.3. The highest BCUT2D eigenvalue weighted by molar-refractivity contribution is 9.10. The van der Waals surface area contributed by atoms with Crippen molar-refractivity contribution >= 4 is 44.9 Å². The Morgan fingerprint density at radius 1 is 1.35 bits per heavy atom. The third-order valence-corrected chi connectivity index (χ3v) is 4.63. The van der Waals surface area contributed by atoms with E-state index < -0.39 is 5.41 Å². The molecule has 17 heavy (non-hydrogen) atoms. The number of carbonyl (C=O) groups excluding carboxylic acids is 1. The van der Waals surface area contributed by atoms with E-state index in [1.165, 1.54) is 0 Å². The fourth-order valence-electron chi connectivity index (χ4n) is 1.67. The number of hydrogen-bond donors (Lipinski definition) is 0. The van der Waals surface area contributed by atoms with Gasteiger partial charge in [0.05, 0.1) is 15.5 Å². The lowest BCUT2D eigenvalue weighted by atomic mass is 9.68. The van der Waals surface area contributed by atoms with E-state index in [1.54, 1.807) is 12.1 Å². The molecule has 1 aromatic carbocycles. The van der Waals surface area contributed by atoms with Crippen molar-refractivity contribution in [2.24, 2.45) is 5.41 Å². The van der Waals surface area contributed by atoms with Gasteiger partial charge in [-0.3, -0.25) is 4.79 Å². The van der Waals surface area contributed by atoms with E-state index in [-0.39, 0.29) is 11.9 Å². The summed E-state index contributed by atoms with van der Waals surface area (Å²) < 4.78 is 6.47. The number of ketones is 1. The van der Waals surface area contributed by atoms with E-state index in [1.807, 2.05) is 13.8 Å². The standard InChI is InChI=1S/C12H11BrCl2O2/c1-12(2)10(16)5-11(12)17-9-4-7(14)6(13)3-8(9)15/h3-4,11H,5H2,1-2H3. The van der Waals surface area contributed by atoms with Crippen molar-refractivity contribution in [2.75, 3.05) is 0 Å². The van der Waals surface area contributed by atoms with Crippen molar-refractivity contribution in [2.45, 2.75) is 26.4 Å². The number of benzene rings is 1. The highest BCUT2D eigenvalue weighted by atomic mass is 79.9. The van der Waals surface area contributed by atoms with E-state index >= 15 is 0 Å². The van der Waals surface area contributed by atoms with Gasteiger partial charge in [0.1, 0.15) is 17.6 Å². The lowest BCUT2D eigenvalue weighted by Crippen LogP contribution is -2.53. The SMILES string of the molecule is CC1(C)C(=O)CC1Oc1cc(Cl)c(Br)cc1Cl. The van der Waals surface area contributed by atoms with Crippen molar-refractivity contribution in [1.82, 2.24) is 0 Å². The van der Waals surface area contributed by atoms with Gasteiger partial charge in [0.25, 0.3) is 0 Å². The van der Waals surface area contributed by atoms with E-state index in [2.05, 4.69) is 15.9 Å². The summed E-state index contributed by atoms with van der Waals surface area (Å²) in [6.45, 7) is 3.75. The first-order valence-electron chi connectivity index (χ1n) is 5.17. The van der Waals surface area contributed by atoms with Gasteiger partial charge >= 0.3 is 0 Å². The van der Waals surface area contributed by atoms with Gasteiger partial charge in [0.15, 0.2) is 0 Å². The van der Waals surface area contributed by atoms with Crippen LogP contribution in [0.2, 0.25) is 10.0 Å². The minimum atomic E-state index is -0.442. The van der Waals surface area contributed by atoms with Gasteiger partial charge in [-0.25, -0.2) is 0 Å². The molecule has 2 rings (SSSR count). The van der Waals surface area contributed by atoms with Crippen LogP contribution in [0.1, 0.15) is 20.3 Å². The van der Waals surface area contributed by atoms with Crippen molar-refractivity contribution in [1.29, 1.82) is 0 Å². The molecule has 1 unspecified atom stereocenters. The Hall–Kier alpha value is -0.250. The summed E-state index contributed by atoms with van der Waals surface area (Å²) in [5.41, 5.74) is -0.442. The summed E-state index contributed by atoms with van der Waals surface area (Å²) in [6, 6.07) is 3.35. The van der Waals surface area contributed by atoms with Gasteiger partial charge in [-0.2, -0.15) is 0 Å². The van der Waals surface area contributed by atoms with Gasteiger partial charge in [-0.05, 0) is 35.8 Å². The summed E-state index contributed by atoms with van der Waals surface area (Å²) in [5.74, 6) is 0.729. The van der Waals surface area contributed by atoms with Crippen LogP contribution >= 0.6 is 39.1 Å². The molecule has 92 valence electrons. The number of rotatable bonds is 2. The fourth-order valence-corrected chi connectivity index (χ4v) is 2.51. The second-order valence-corrected chi connectivity index (χ2v) is 6.32. The molecule has 1 aromatic rings. The van der Waals surface area contributed by atoms with Crippen molar-refractivity contribution in [3.05, 3.63) is 26.7 Å². The van der Waals surface area contributed by atoms with Gasteiger partial charge in [0, 0.05) is 17.0 Å². The highest BCUT2D eigenvalue weighted by Crippen LogP contribution is 2.42. The molecule has 0 amide bonds.